The molecule has 0 amide bonds. The van der Waals surface area contributed by atoms with E-state index in [0.717, 1.165) is 18.5 Å². The SMILES string of the molecule is CCCCCN(c1ccc([C@@H](O)CC)cc1)C(C)C. The van der Waals surface area contributed by atoms with Crippen LogP contribution in [0.2, 0.25) is 0 Å². The van der Waals surface area contributed by atoms with Crippen molar-refractivity contribution < 1.29 is 5.11 Å². The van der Waals surface area contributed by atoms with Crippen molar-refractivity contribution in [3.8, 4) is 0 Å². The second kappa shape index (κ2) is 8.21. The highest BCUT2D eigenvalue weighted by atomic mass is 16.3. The van der Waals surface area contributed by atoms with Crippen molar-refractivity contribution >= 4 is 5.69 Å². The van der Waals surface area contributed by atoms with Crippen molar-refractivity contribution in [2.45, 2.75) is 65.5 Å². The molecule has 1 rings (SSSR count). The number of hydrogen-bond acceptors (Lipinski definition) is 2. The van der Waals surface area contributed by atoms with E-state index in [1.807, 2.05) is 6.92 Å². The van der Waals surface area contributed by atoms with Gasteiger partial charge in [0.15, 0.2) is 0 Å². The van der Waals surface area contributed by atoms with E-state index >= 15 is 0 Å². The molecule has 2 heteroatoms. The number of aliphatic hydroxyl groups excluding tert-OH is 1. The van der Waals surface area contributed by atoms with Crippen molar-refractivity contribution in [2.24, 2.45) is 0 Å². The van der Waals surface area contributed by atoms with Gasteiger partial charge in [0.1, 0.15) is 0 Å². The molecule has 0 heterocycles. The first-order chi connectivity index (χ1) is 9.10. The molecule has 108 valence electrons. The van der Waals surface area contributed by atoms with Crippen LogP contribution in [0.25, 0.3) is 0 Å². The molecule has 0 aliphatic carbocycles. The van der Waals surface area contributed by atoms with E-state index in [0.29, 0.717) is 6.04 Å². The standard InChI is InChI=1S/C17H29NO/c1-5-7-8-13-18(14(3)4)16-11-9-15(10-12-16)17(19)6-2/h9-12,14,17,19H,5-8,13H2,1-4H3/t17-/m0/s1. The van der Waals surface area contributed by atoms with Crippen LogP contribution in [0.15, 0.2) is 24.3 Å². The molecule has 19 heavy (non-hydrogen) atoms. The van der Waals surface area contributed by atoms with Gasteiger partial charge in [0, 0.05) is 18.3 Å². The first-order valence-corrected chi connectivity index (χ1v) is 7.64. The minimum Gasteiger partial charge on any atom is -0.388 e. The third-order valence-electron chi connectivity index (χ3n) is 3.62. The number of anilines is 1. The minimum atomic E-state index is -0.332. The fourth-order valence-electron chi connectivity index (χ4n) is 2.34. The summed E-state index contributed by atoms with van der Waals surface area (Å²) in [7, 11) is 0. The Hall–Kier alpha value is -1.02. The summed E-state index contributed by atoms with van der Waals surface area (Å²) in [5.74, 6) is 0. The van der Waals surface area contributed by atoms with Gasteiger partial charge in [0.05, 0.1) is 6.10 Å². The Morgan fingerprint density at radius 1 is 1.05 bits per heavy atom. The van der Waals surface area contributed by atoms with Gasteiger partial charge < -0.3 is 10.0 Å². The molecular formula is C17H29NO. The van der Waals surface area contributed by atoms with Crippen LogP contribution >= 0.6 is 0 Å². The van der Waals surface area contributed by atoms with E-state index in [-0.39, 0.29) is 6.10 Å². The Kier molecular flexibility index (Phi) is 6.93. The molecule has 1 N–H and O–H groups in total. The minimum absolute atomic E-state index is 0.332. The van der Waals surface area contributed by atoms with Gasteiger partial charge in [-0.05, 0) is 44.4 Å². The topological polar surface area (TPSA) is 23.5 Å². The van der Waals surface area contributed by atoms with Gasteiger partial charge in [-0.2, -0.15) is 0 Å². The van der Waals surface area contributed by atoms with Crippen LogP contribution in [-0.2, 0) is 0 Å². The largest absolute Gasteiger partial charge is 0.388 e. The lowest BCUT2D eigenvalue weighted by molar-refractivity contribution is 0.173. The lowest BCUT2D eigenvalue weighted by Gasteiger charge is -2.29. The fourth-order valence-corrected chi connectivity index (χ4v) is 2.34. The Morgan fingerprint density at radius 3 is 2.16 bits per heavy atom. The Bertz CT molecular complexity index is 345. The Balaban J connectivity index is 2.74. The predicted octanol–water partition coefficient (Wildman–Crippen LogP) is 4.54. The summed E-state index contributed by atoms with van der Waals surface area (Å²) >= 11 is 0. The first-order valence-electron chi connectivity index (χ1n) is 7.64. The van der Waals surface area contributed by atoms with Gasteiger partial charge in [0.2, 0.25) is 0 Å². The maximum atomic E-state index is 9.83. The molecule has 1 aromatic carbocycles. The highest BCUT2D eigenvalue weighted by Crippen LogP contribution is 2.22. The molecule has 0 fully saturated rings. The van der Waals surface area contributed by atoms with Crippen molar-refractivity contribution in [1.29, 1.82) is 0 Å². The molecular weight excluding hydrogens is 234 g/mol. The first kappa shape index (κ1) is 16.0. The number of hydrogen-bond donors (Lipinski definition) is 1. The van der Waals surface area contributed by atoms with Crippen molar-refractivity contribution in [1.82, 2.24) is 0 Å². The van der Waals surface area contributed by atoms with Crippen LogP contribution < -0.4 is 4.90 Å². The Morgan fingerprint density at radius 2 is 1.68 bits per heavy atom. The van der Waals surface area contributed by atoms with Crippen LogP contribution in [0.3, 0.4) is 0 Å². The lowest BCUT2D eigenvalue weighted by atomic mass is 10.1. The zero-order chi connectivity index (χ0) is 14.3. The highest BCUT2D eigenvalue weighted by molar-refractivity contribution is 5.48. The molecule has 0 aromatic heterocycles. The number of aliphatic hydroxyl groups is 1. The maximum absolute atomic E-state index is 9.83. The average Bonchev–Trinajstić information content (AvgIpc) is 2.42. The zero-order valence-electron chi connectivity index (χ0n) is 12.9. The van der Waals surface area contributed by atoms with Gasteiger partial charge in [-0.1, -0.05) is 38.8 Å². The second-order valence-electron chi connectivity index (χ2n) is 5.51. The third kappa shape index (κ3) is 4.87. The van der Waals surface area contributed by atoms with Crippen molar-refractivity contribution in [3.05, 3.63) is 29.8 Å². The quantitative estimate of drug-likeness (QED) is 0.696. The number of unbranched alkanes of at least 4 members (excludes halogenated alkanes) is 2. The second-order valence-corrected chi connectivity index (χ2v) is 5.51. The van der Waals surface area contributed by atoms with Crippen LogP contribution in [0.4, 0.5) is 5.69 Å². The van der Waals surface area contributed by atoms with Crippen LogP contribution in [0.5, 0.6) is 0 Å². The van der Waals surface area contributed by atoms with Gasteiger partial charge in [-0.15, -0.1) is 0 Å². The van der Waals surface area contributed by atoms with Crippen molar-refractivity contribution in [3.63, 3.8) is 0 Å². The molecule has 2 nitrogen and oxygen atoms in total. The van der Waals surface area contributed by atoms with Crippen LogP contribution in [0.1, 0.15) is 65.0 Å². The fraction of sp³-hybridized carbons (Fsp3) is 0.647. The van der Waals surface area contributed by atoms with Gasteiger partial charge in [-0.25, -0.2) is 0 Å². The summed E-state index contributed by atoms with van der Waals surface area (Å²) < 4.78 is 0. The molecule has 0 aliphatic heterocycles. The van der Waals surface area contributed by atoms with Crippen molar-refractivity contribution in [2.75, 3.05) is 11.4 Å². The molecule has 0 bridgehead atoms. The monoisotopic (exact) mass is 263 g/mol. The van der Waals surface area contributed by atoms with E-state index in [9.17, 15) is 5.11 Å². The molecule has 0 unspecified atom stereocenters. The molecule has 0 radical (unpaired) electrons. The number of benzene rings is 1. The number of rotatable bonds is 8. The van der Waals surface area contributed by atoms with Crippen LogP contribution in [0, 0.1) is 0 Å². The molecule has 1 aromatic rings. The summed E-state index contributed by atoms with van der Waals surface area (Å²) in [6, 6.07) is 8.90. The van der Waals surface area contributed by atoms with Crippen LogP contribution in [-0.4, -0.2) is 17.7 Å². The number of nitrogens with zero attached hydrogens (tertiary/aromatic N) is 1. The van der Waals surface area contributed by atoms with E-state index in [1.165, 1.54) is 24.9 Å². The van der Waals surface area contributed by atoms with Gasteiger partial charge >= 0.3 is 0 Å². The zero-order valence-corrected chi connectivity index (χ0v) is 12.9. The Labute approximate surface area is 118 Å². The third-order valence-corrected chi connectivity index (χ3v) is 3.62. The predicted molar refractivity (Wildman–Crippen MR) is 83.7 cm³/mol. The summed E-state index contributed by atoms with van der Waals surface area (Å²) in [6.45, 7) is 9.83. The normalized spacial score (nSPS) is 12.7. The summed E-state index contributed by atoms with van der Waals surface area (Å²) in [4.78, 5) is 2.44. The molecule has 1 atom stereocenters. The molecule has 0 aliphatic rings. The lowest BCUT2D eigenvalue weighted by Crippen LogP contribution is -2.31. The van der Waals surface area contributed by atoms with Gasteiger partial charge in [0.25, 0.3) is 0 Å². The molecule has 0 saturated heterocycles. The smallest absolute Gasteiger partial charge is 0.0787 e. The van der Waals surface area contributed by atoms with E-state index in [1.54, 1.807) is 0 Å². The van der Waals surface area contributed by atoms with E-state index < -0.39 is 0 Å². The summed E-state index contributed by atoms with van der Waals surface area (Å²) in [5.41, 5.74) is 2.28. The summed E-state index contributed by atoms with van der Waals surface area (Å²) in [5, 5.41) is 9.83. The molecule has 0 saturated carbocycles. The average molecular weight is 263 g/mol. The maximum Gasteiger partial charge on any atom is 0.0787 e. The summed E-state index contributed by atoms with van der Waals surface area (Å²) in [6.07, 6.45) is 4.22. The highest BCUT2D eigenvalue weighted by Gasteiger charge is 2.11. The molecule has 0 spiro atoms. The van der Waals surface area contributed by atoms with E-state index in [2.05, 4.69) is 49.9 Å². The van der Waals surface area contributed by atoms with Gasteiger partial charge in [-0.3, -0.25) is 0 Å². The van der Waals surface area contributed by atoms with E-state index in [4.69, 9.17) is 0 Å².